The first-order chi connectivity index (χ1) is 12.3. The Morgan fingerprint density at radius 1 is 1.27 bits per heavy atom. The van der Waals surface area contributed by atoms with Crippen LogP contribution in [0.15, 0.2) is 47.4 Å². The van der Waals surface area contributed by atoms with Crippen LogP contribution in [0, 0.1) is 17.0 Å². The molecular formula is C17H18ClN3O4S. The fourth-order valence-electron chi connectivity index (χ4n) is 3.15. The van der Waals surface area contributed by atoms with Crippen LogP contribution in [0.3, 0.4) is 0 Å². The van der Waals surface area contributed by atoms with Gasteiger partial charge in [-0.05, 0) is 30.2 Å². The zero-order chi connectivity index (χ0) is 18.9. The highest BCUT2D eigenvalue weighted by Gasteiger charge is 2.36. The van der Waals surface area contributed by atoms with Crippen molar-refractivity contribution in [3.63, 3.8) is 0 Å². The van der Waals surface area contributed by atoms with Crippen molar-refractivity contribution in [1.29, 1.82) is 0 Å². The lowest BCUT2D eigenvalue weighted by Gasteiger charge is -2.36. The molecule has 0 spiro atoms. The number of nitro benzene ring substituents is 1. The second-order valence-electron chi connectivity index (χ2n) is 6.06. The number of piperazine rings is 1. The summed E-state index contributed by atoms with van der Waals surface area (Å²) in [6.07, 6.45) is 0. The Hall–Kier alpha value is -2.00. The number of hydrogen-bond acceptors (Lipinski definition) is 5. The minimum absolute atomic E-state index is 0.0713. The number of sulfonamides is 1. The fraction of sp³-hybridized carbons (Fsp3) is 0.294. The van der Waals surface area contributed by atoms with Crippen molar-refractivity contribution in [3.8, 4) is 0 Å². The fourth-order valence-corrected chi connectivity index (χ4v) is 5.22. The molecule has 1 aliphatic rings. The van der Waals surface area contributed by atoms with Crippen molar-refractivity contribution in [1.82, 2.24) is 9.62 Å². The average molecular weight is 396 g/mol. The van der Waals surface area contributed by atoms with Gasteiger partial charge in [0.1, 0.15) is 0 Å². The van der Waals surface area contributed by atoms with Gasteiger partial charge in [0.15, 0.2) is 0 Å². The molecule has 1 saturated heterocycles. The van der Waals surface area contributed by atoms with Crippen molar-refractivity contribution >= 4 is 27.3 Å². The molecule has 1 atom stereocenters. The van der Waals surface area contributed by atoms with Gasteiger partial charge in [-0.15, -0.1) is 0 Å². The van der Waals surface area contributed by atoms with Gasteiger partial charge < -0.3 is 5.32 Å². The summed E-state index contributed by atoms with van der Waals surface area (Å²) in [6, 6.07) is 10.5. The van der Waals surface area contributed by atoms with Crippen molar-refractivity contribution in [2.75, 3.05) is 19.6 Å². The Morgan fingerprint density at radius 2 is 2.00 bits per heavy atom. The molecule has 1 unspecified atom stereocenters. The van der Waals surface area contributed by atoms with Gasteiger partial charge in [-0.3, -0.25) is 10.1 Å². The maximum atomic E-state index is 13.3. The first-order valence-corrected chi connectivity index (χ1v) is 9.86. The summed E-state index contributed by atoms with van der Waals surface area (Å²) in [5.74, 6) is 0. The third-order valence-electron chi connectivity index (χ3n) is 4.41. The molecule has 0 saturated carbocycles. The van der Waals surface area contributed by atoms with E-state index in [4.69, 9.17) is 11.6 Å². The van der Waals surface area contributed by atoms with E-state index >= 15 is 0 Å². The van der Waals surface area contributed by atoms with E-state index in [1.54, 1.807) is 19.1 Å². The normalized spacial score (nSPS) is 18.6. The van der Waals surface area contributed by atoms with Crippen LogP contribution in [0.5, 0.6) is 0 Å². The minimum Gasteiger partial charge on any atom is -0.313 e. The van der Waals surface area contributed by atoms with Gasteiger partial charge >= 0.3 is 0 Å². The molecule has 7 nitrogen and oxygen atoms in total. The van der Waals surface area contributed by atoms with Gasteiger partial charge in [-0.2, -0.15) is 4.31 Å². The summed E-state index contributed by atoms with van der Waals surface area (Å²) >= 11 is 6.28. The van der Waals surface area contributed by atoms with Crippen molar-refractivity contribution in [2.24, 2.45) is 0 Å². The van der Waals surface area contributed by atoms with Gasteiger partial charge in [0.25, 0.3) is 5.69 Å². The Kier molecular flexibility index (Phi) is 5.29. The molecule has 2 aromatic rings. The van der Waals surface area contributed by atoms with Crippen LogP contribution in [-0.2, 0) is 10.0 Å². The van der Waals surface area contributed by atoms with Gasteiger partial charge in [0.05, 0.1) is 15.9 Å². The number of rotatable bonds is 4. The molecule has 0 radical (unpaired) electrons. The highest BCUT2D eigenvalue weighted by atomic mass is 35.5. The topological polar surface area (TPSA) is 92.5 Å². The first kappa shape index (κ1) is 18.8. The van der Waals surface area contributed by atoms with Crippen LogP contribution in [-0.4, -0.2) is 37.3 Å². The van der Waals surface area contributed by atoms with Crippen LogP contribution >= 0.6 is 11.6 Å². The quantitative estimate of drug-likeness (QED) is 0.634. The third-order valence-corrected chi connectivity index (χ3v) is 6.83. The number of halogens is 1. The van der Waals surface area contributed by atoms with Gasteiger partial charge in [0, 0.05) is 36.8 Å². The summed E-state index contributed by atoms with van der Waals surface area (Å²) in [6.45, 7) is 2.81. The van der Waals surface area contributed by atoms with Gasteiger partial charge in [0.2, 0.25) is 10.0 Å². The van der Waals surface area contributed by atoms with E-state index in [1.165, 1.54) is 22.5 Å². The number of benzene rings is 2. The van der Waals surface area contributed by atoms with Crippen molar-refractivity contribution < 1.29 is 13.3 Å². The maximum absolute atomic E-state index is 13.3. The molecule has 26 heavy (non-hydrogen) atoms. The zero-order valence-electron chi connectivity index (χ0n) is 14.1. The third kappa shape index (κ3) is 3.45. The molecule has 1 aliphatic heterocycles. The zero-order valence-corrected chi connectivity index (χ0v) is 15.6. The molecule has 1 fully saturated rings. The molecule has 0 aromatic heterocycles. The summed E-state index contributed by atoms with van der Waals surface area (Å²) < 4.78 is 28.0. The van der Waals surface area contributed by atoms with Crippen LogP contribution in [0.25, 0.3) is 0 Å². The molecule has 0 bridgehead atoms. The lowest BCUT2D eigenvalue weighted by atomic mass is 10.1. The molecule has 0 aliphatic carbocycles. The monoisotopic (exact) mass is 395 g/mol. The summed E-state index contributed by atoms with van der Waals surface area (Å²) in [4.78, 5) is 10.4. The number of hydrogen-bond donors (Lipinski definition) is 1. The summed E-state index contributed by atoms with van der Waals surface area (Å²) in [5.41, 5.74) is 0.935. The van der Waals surface area contributed by atoms with E-state index in [1.807, 2.05) is 12.1 Å². The van der Waals surface area contributed by atoms with E-state index < -0.39 is 21.0 Å². The number of nitro groups is 1. The largest absolute Gasteiger partial charge is 0.313 e. The van der Waals surface area contributed by atoms with Crippen LogP contribution in [0.1, 0.15) is 17.2 Å². The average Bonchev–Trinajstić information content (AvgIpc) is 2.61. The maximum Gasteiger partial charge on any atom is 0.269 e. The highest BCUT2D eigenvalue weighted by molar-refractivity contribution is 7.89. The second-order valence-corrected chi connectivity index (χ2v) is 8.33. The summed E-state index contributed by atoms with van der Waals surface area (Å²) in [5, 5.41) is 14.6. The molecule has 9 heteroatoms. The molecule has 3 rings (SSSR count). The predicted octanol–water partition coefficient (Wildman–Crippen LogP) is 2.89. The van der Waals surface area contributed by atoms with E-state index in [-0.39, 0.29) is 17.1 Å². The summed E-state index contributed by atoms with van der Waals surface area (Å²) in [7, 11) is -3.84. The Bertz CT molecular complexity index is 949. The Labute approximate surface area is 156 Å². The highest BCUT2D eigenvalue weighted by Crippen LogP contribution is 2.34. The SMILES string of the molecule is Cc1cc([N+](=O)[O-])ccc1S(=O)(=O)N1CCNCC1c1ccccc1Cl. The molecule has 2 aromatic carbocycles. The molecule has 138 valence electrons. The van der Waals surface area contributed by atoms with Crippen molar-refractivity contribution in [2.45, 2.75) is 17.9 Å². The van der Waals surface area contributed by atoms with Gasteiger partial charge in [-0.1, -0.05) is 29.8 Å². The van der Waals surface area contributed by atoms with E-state index in [0.29, 0.717) is 23.7 Å². The molecule has 0 amide bonds. The first-order valence-electron chi connectivity index (χ1n) is 8.04. The van der Waals surface area contributed by atoms with Gasteiger partial charge in [-0.25, -0.2) is 8.42 Å². The number of nitrogens with one attached hydrogen (secondary N) is 1. The molecule has 1 N–H and O–H groups in total. The lowest BCUT2D eigenvalue weighted by molar-refractivity contribution is -0.385. The smallest absolute Gasteiger partial charge is 0.269 e. The predicted molar refractivity (Wildman–Crippen MR) is 98.8 cm³/mol. The Balaban J connectivity index is 2.04. The standard InChI is InChI=1S/C17H18ClN3O4S/c1-12-10-13(21(22)23)6-7-17(12)26(24,25)20-9-8-19-11-16(20)14-4-2-3-5-15(14)18/h2-7,10,16,19H,8-9,11H2,1H3. The molecular weight excluding hydrogens is 378 g/mol. The van der Waals surface area contributed by atoms with Crippen molar-refractivity contribution in [3.05, 3.63) is 68.7 Å². The van der Waals surface area contributed by atoms with E-state index in [9.17, 15) is 18.5 Å². The molecule has 1 heterocycles. The van der Waals surface area contributed by atoms with Crippen LogP contribution in [0.2, 0.25) is 5.02 Å². The number of aryl methyl sites for hydroxylation is 1. The Morgan fingerprint density at radius 3 is 2.65 bits per heavy atom. The lowest BCUT2D eigenvalue weighted by Crippen LogP contribution is -2.48. The second kappa shape index (κ2) is 7.32. The van der Waals surface area contributed by atoms with Crippen LogP contribution < -0.4 is 5.32 Å². The van der Waals surface area contributed by atoms with E-state index in [2.05, 4.69) is 5.32 Å². The van der Waals surface area contributed by atoms with E-state index in [0.717, 1.165) is 5.56 Å². The number of non-ortho nitro benzene ring substituents is 1. The number of nitrogens with zero attached hydrogens (tertiary/aromatic N) is 2. The minimum atomic E-state index is -3.84. The van der Waals surface area contributed by atoms with Crippen LogP contribution in [0.4, 0.5) is 5.69 Å².